The molecule has 0 saturated heterocycles. The summed E-state index contributed by atoms with van der Waals surface area (Å²) in [5, 5.41) is 19.0. The van der Waals surface area contributed by atoms with Crippen LogP contribution in [0.5, 0.6) is 5.75 Å². The van der Waals surface area contributed by atoms with E-state index in [1.165, 1.54) is 0 Å². The number of hydrogen-bond donors (Lipinski definition) is 4. The Kier molecular flexibility index (Phi) is 10.5. The van der Waals surface area contributed by atoms with Gasteiger partial charge in [0.15, 0.2) is 0 Å². The predicted octanol–water partition coefficient (Wildman–Crippen LogP) is 4.60. The van der Waals surface area contributed by atoms with Crippen LogP contribution in [0.3, 0.4) is 0 Å². The van der Waals surface area contributed by atoms with E-state index in [0.717, 1.165) is 19.6 Å². The van der Waals surface area contributed by atoms with Crippen LogP contribution in [-0.4, -0.2) is 56.7 Å². The summed E-state index contributed by atoms with van der Waals surface area (Å²) in [7, 11) is 0. The molecule has 11 heteroatoms. The van der Waals surface area contributed by atoms with Crippen molar-refractivity contribution in [2.45, 2.75) is 31.0 Å². The Labute approximate surface area is 256 Å². The number of imidazole rings is 1. The zero-order chi connectivity index (χ0) is 29.5. The van der Waals surface area contributed by atoms with E-state index in [9.17, 15) is 14.7 Å². The number of hydrogen-bond acceptors (Lipinski definition) is 7. The van der Waals surface area contributed by atoms with Gasteiger partial charge in [-0.3, -0.25) is 14.5 Å². The Hall–Kier alpha value is -3.29. The number of imide groups is 1. The summed E-state index contributed by atoms with van der Waals surface area (Å²) in [6, 6.07) is 19.7. The van der Waals surface area contributed by atoms with Crippen molar-refractivity contribution in [2.75, 3.05) is 13.2 Å². The number of aromatic amines is 1. The number of carbonyl (C=O) groups excluding carboxylic acids is 2. The molecule has 0 saturated carbocycles. The molecule has 0 aliphatic heterocycles. The lowest BCUT2D eigenvalue weighted by molar-refractivity contribution is -0.142. The standard InChI is InChI=1S/C30H30ClIN4O5/c1-18(19-5-3-2-4-6-19)28(29-34-14-26(35-29)24-12-9-21(32)13-25(24)31)36(17-38)30(40)27(33)20-7-10-23(11-8-20)41-16-22(39)15-37/h2-14,17-18,22,27-28,37,39H,15-16,33H2,1H3,(H,34,35)/t18-,22+,27+,28-/m0/s1. The fourth-order valence-corrected chi connectivity index (χ4v) is 5.41. The smallest absolute Gasteiger partial charge is 0.251 e. The average Bonchev–Trinajstić information content (AvgIpc) is 3.47. The molecule has 0 aliphatic rings. The van der Waals surface area contributed by atoms with Gasteiger partial charge < -0.3 is 25.7 Å². The largest absolute Gasteiger partial charge is 0.491 e. The number of carbonyl (C=O) groups is 2. The number of aromatic nitrogens is 2. The van der Waals surface area contributed by atoms with E-state index in [0.29, 0.717) is 34.3 Å². The van der Waals surface area contributed by atoms with Crippen molar-refractivity contribution < 1.29 is 24.5 Å². The highest BCUT2D eigenvalue weighted by Gasteiger charge is 2.36. The highest BCUT2D eigenvalue weighted by atomic mass is 127. The zero-order valence-electron chi connectivity index (χ0n) is 22.2. The SMILES string of the molecule is C[C@@H](c1ccccc1)[C@@H](c1ncc(-c2ccc(I)cc2Cl)[nH]1)N(C=O)C(=O)[C@H](N)c1ccc(OC[C@H](O)CO)cc1. The van der Waals surface area contributed by atoms with Crippen molar-refractivity contribution in [3.8, 4) is 17.0 Å². The number of aliphatic hydroxyl groups is 2. The number of amides is 2. The van der Waals surface area contributed by atoms with Gasteiger partial charge in [0.05, 0.1) is 23.5 Å². The summed E-state index contributed by atoms with van der Waals surface area (Å²) in [6.07, 6.45) is 1.11. The fourth-order valence-electron chi connectivity index (χ4n) is 4.45. The number of rotatable bonds is 12. The number of nitrogens with zero attached hydrogens (tertiary/aromatic N) is 2. The van der Waals surface area contributed by atoms with Crippen molar-refractivity contribution in [2.24, 2.45) is 5.73 Å². The highest BCUT2D eigenvalue weighted by Crippen LogP contribution is 2.37. The summed E-state index contributed by atoms with van der Waals surface area (Å²) in [5.41, 5.74) is 9.14. The van der Waals surface area contributed by atoms with Crippen LogP contribution in [0.15, 0.2) is 79.0 Å². The predicted molar refractivity (Wildman–Crippen MR) is 164 cm³/mol. The van der Waals surface area contributed by atoms with E-state index in [1.807, 2.05) is 55.5 Å². The topological polar surface area (TPSA) is 142 Å². The lowest BCUT2D eigenvalue weighted by Gasteiger charge is -2.32. The van der Waals surface area contributed by atoms with E-state index in [2.05, 4.69) is 32.6 Å². The Bertz CT molecular complexity index is 1470. The molecule has 2 amide bonds. The van der Waals surface area contributed by atoms with Gasteiger partial charge in [0.25, 0.3) is 5.91 Å². The van der Waals surface area contributed by atoms with Crippen LogP contribution < -0.4 is 10.5 Å². The minimum atomic E-state index is -1.15. The summed E-state index contributed by atoms with van der Waals surface area (Å²) in [6.45, 7) is 1.41. The molecule has 0 unspecified atom stereocenters. The number of benzene rings is 3. The second-order valence-electron chi connectivity index (χ2n) is 9.50. The van der Waals surface area contributed by atoms with E-state index < -0.39 is 30.7 Å². The second kappa shape index (κ2) is 14.1. The minimum absolute atomic E-state index is 0.0859. The molecule has 0 aliphatic carbocycles. The number of nitrogens with two attached hydrogens (primary N) is 1. The van der Waals surface area contributed by atoms with Crippen LogP contribution in [0.25, 0.3) is 11.3 Å². The first kappa shape index (κ1) is 30.7. The molecule has 4 aromatic rings. The quantitative estimate of drug-likeness (QED) is 0.126. The number of halogens is 2. The maximum Gasteiger partial charge on any atom is 0.251 e. The molecule has 0 spiro atoms. The van der Waals surface area contributed by atoms with Gasteiger partial charge in [-0.05, 0) is 58.0 Å². The monoisotopic (exact) mass is 688 g/mol. The lowest BCUT2D eigenvalue weighted by atomic mass is 9.91. The van der Waals surface area contributed by atoms with Crippen molar-refractivity contribution >= 4 is 46.5 Å². The molecular formula is C30H30ClIN4O5. The Balaban J connectivity index is 1.65. The van der Waals surface area contributed by atoms with Gasteiger partial charge >= 0.3 is 0 Å². The number of ether oxygens (including phenoxy) is 1. The third-order valence-corrected chi connectivity index (χ3v) is 7.71. The molecule has 4 rings (SSSR count). The highest BCUT2D eigenvalue weighted by molar-refractivity contribution is 14.1. The van der Waals surface area contributed by atoms with E-state index in [-0.39, 0.29) is 12.5 Å². The van der Waals surface area contributed by atoms with Gasteiger partial charge in [-0.2, -0.15) is 0 Å². The maximum atomic E-state index is 13.7. The number of H-pyrrole nitrogens is 1. The van der Waals surface area contributed by atoms with Crippen molar-refractivity contribution in [3.63, 3.8) is 0 Å². The van der Waals surface area contributed by atoms with Crippen molar-refractivity contribution in [1.82, 2.24) is 14.9 Å². The van der Waals surface area contributed by atoms with Gasteiger partial charge in [-0.25, -0.2) is 4.98 Å². The first-order valence-electron chi connectivity index (χ1n) is 12.8. The molecule has 41 heavy (non-hydrogen) atoms. The fraction of sp³-hybridized carbons (Fsp3) is 0.233. The minimum Gasteiger partial charge on any atom is -0.491 e. The third kappa shape index (κ3) is 7.32. The first-order chi connectivity index (χ1) is 19.7. The van der Waals surface area contributed by atoms with Crippen molar-refractivity contribution in [1.29, 1.82) is 0 Å². The van der Waals surface area contributed by atoms with Crippen LogP contribution in [0.1, 0.15) is 41.9 Å². The summed E-state index contributed by atoms with van der Waals surface area (Å²) >= 11 is 8.67. The van der Waals surface area contributed by atoms with E-state index >= 15 is 0 Å². The molecule has 9 nitrogen and oxygen atoms in total. The van der Waals surface area contributed by atoms with Crippen LogP contribution in [0, 0.1) is 3.57 Å². The van der Waals surface area contributed by atoms with E-state index in [4.69, 9.17) is 27.2 Å². The van der Waals surface area contributed by atoms with Crippen LogP contribution in [0.2, 0.25) is 5.02 Å². The molecule has 0 fully saturated rings. The van der Waals surface area contributed by atoms with Crippen molar-refractivity contribution in [3.05, 3.63) is 105 Å². The van der Waals surface area contributed by atoms with Gasteiger partial charge in [0.1, 0.15) is 36.4 Å². The van der Waals surface area contributed by atoms with Gasteiger partial charge in [-0.1, -0.05) is 67.1 Å². The van der Waals surface area contributed by atoms with E-state index in [1.54, 1.807) is 30.5 Å². The first-order valence-corrected chi connectivity index (χ1v) is 14.3. The van der Waals surface area contributed by atoms with Gasteiger partial charge in [-0.15, -0.1) is 0 Å². The molecule has 0 bridgehead atoms. The zero-order valence-corrected chi connectivity index (χ0v) is 25.1. The van der Waals surface area contributed by atoms with Gasteiger partial charge in [0.2, 0.25) is 6.41 Å². The Morgan fingerprint density at radius 3 is 2.49 bits per heavy atom. The number of aliphatic hydroxyl groups excluding tert-OH is 2. The molecule has 214 valence electrons. The summed E-state index contributed by atoms with van der Waals surface area (Å²) < 4.78 is 6.41. The van der Waals surface area contributed by atoms with Crippen LogP contribution >= 0.6 is 34.2 Å². The lowest BCUT2D eigenvalue weighted by Crippen LogP contribution is -2.42. The van der Waals surface area contributed by atoms with Crippen LogP contribution in [-0.2, 0) is 9.59 Å². The molecule has 3 aromatic carbocycles. The molecular weight excluding hydrogens is 659 g/mol. The Morgan fingerprint density at radius 1 is 1.15 bits per heavy atom. The molecule has 4 atom stereocenters. The maximum absolute atomic E-state index is 13.7. The summed E-state index contributed by atoms with van der Waals surface area (Å²) in [4.78, 5) is 35.2. The number of nitrogens with one attached hydrogen (secondary N) is 1. The molecule has 0 radical (unpaired) electrons. The molecule has 1 aromatic heterocycles. The normalized spacial score (nSPS) is 14.1. The molecule has 1 heterocycles. The average molecular weight is 689 g/mol. The van der Waals surface area contributed by atoms with Crippen LogP contribution in [0.4, 0.5) is 0 Å². The summed E-state index contributed by atoms with van der Waals surface area (Å²) in [5.74, 6) is -0.106. The molecule has 5 N–H and O–H groups in total. The Morgan fingerprint density at radius 2 is 1.85 bits per heavy atom. The second-order valence-corrected chi connectivity index (χ2v) is 11.1. The van der Waals surface area contributed by atoms with Gasteiger partial charge in [0, 0.05) is 15.1 Å². The third-order valence-electron chi connectivity index (χ3n) is 6.72.